The molecule has 0 bridgehead atoms. The Labute approximate surface area is 220 Å². The Morgan fingerprint density at radius 3 is 2.06 bits per heavy atom. The van der Waals surface area contributed by atoms with Gasteiger partial charge in [-0.3, -0.25) is 4.79 Å². The first kappa shape index (κ1) is 27.0. The van der Waals surface area contributed by atoms with Gasteiger partial charge in [-0.15, -0.1) is 0 Å². The predicted octanol–water partition coefficient (Wildman–Crippen LogP) is 7.31. The summed E-state index contributed by atoms with van der Waals surface area (Å²) in [6.45, 7) is 20.8. The predicted molar refractivity (Wildman–Crippen MR) is 143 cm³/mol. The maximum atomic E-state index is 11.9. The molecule has 1 aliphatic heterocycles. The van der Waals surface area contributed by atoms with Crippen LogP contribution in [0.1, 0.15) is 127 Å². The molecule has 5 rings (SSSR count). The van der Waals surface area contributed by atoms with Crippen molar-refractivity contribution < 1.29 is 19.4 Å². The third kappa shape index (κ3) is 3.55. The molecule has 5 aliphatic rings. The first-order chi connectivity index (χ1) is 16.5. The summed E-state index contributed by atoms with van der Waals surface area (Å²) in [4.78, 5) is 11.9. The molecule has 0 aromatic rings. The molecule has 0 amide bonds. The van der Waals surface area contributed by atoms with Crippen LogP contribution in [0.25, 0.3) is 0 Å². The molecule has 4 saturated carbocycles. The van der Waals surface area contributed by atoms with Gasteiger partial charge < -0.3 is 14.6 Å². The second kappa shape index (κ2) is 8.20. The number of carbonyl (C=O) groups excluding carboxylic acids is 1. The Morgan fingerprint density at radius 2 is 1.42 bits per heavy atom. The summed E-state index contributed by atoms with van der Waals surface area (Å²) in [5, 5.41) is 10.6. The highest BCUT2D eigenvalue weighted by Crippen LogP contribution is 2.76. The number of fused-ring (bicyclic) bond motifs is 5. The van der Waals surface area contributed by atoms with Crippen LogP contribution in [0.5, 0.6) is 0 Å². The number of esters is 1. The minimum atomic E-state index is -0.467. The van der Waals surface area contributed by atoms with E-state index in [0.29, 0.717) is 34.0 Å². The van der Waals surface area contributed by atoms with Gasteiger partial charge in [-0.1, -0.05) is 34.6 Å². The number of aliphatic hydroxyl groups is 1. The number of rotatable bonds is 2. The summed E-state index contributed by atoms with van der Waals surface area (Å²) in [5.41, 5.74) is 0.380. The molecule has 0 spiro atoms. The third-order valence-corrected chi connectivity index (χ3v) is 13.6. The van der Waals surface area contributed by atoms with Crippen LogP contribution in [0.3, 0.4) is 0 Å². The Morgan fingerprint density at radius 1 is 0.750 bits per heavy atom. The Balaban J connectivity index is 1.43. The highest BCUT2D eigenvalue weighted by molar-refractivity contribution is 5.66. The molecular weight excluding hydrogens is 448 g/mol. The molecule has 4 nitrogen and oxygen atoms in total. The highest BCUT2D eigenvalue weighted by Gasteiger charge is 2.70. The molecule has 0 aromatic heterocycles. The molecule has 0 unspecified atom stereocenters. The van der Waals surface area contributed by atoms with Crippen molar-refractivity contribution in [3.63, 3.8) is 0 Å². The van der Waals surface area contributed by atoms with Crippen LogP contribution in [0.4, 0.5) is 0 Å². The summed E-state index contributed by atoms with van der Waals surface area (Å²) in [6, 6.07) is 0. The van der Waals surface area contributed by atoms with Crippen molar-refractivity contribution in [2.24, 2.45) is 45.3 Å². The van der Waals surface area contributed by atoms with Gasteiger partial charge in [-0.05, 0) is 125 Å². The molecular formula is C32H54O4. The largest absolute Gasteiger partial charge is 0.462 e. The van der Waals surface area contributed by atoms with Crippen LogP contribution in [0.15, 0.2) is 0 Å². The monoisotopic (exact) mass is 502 g/mol. The number of carbonyl (C=O) groups is 1. The molecule has 1 saturated heterocycles. The summed E-state index contributed by atoms with van der Waals surface area (Å²) in [7, 11) is 0. The normalized spacial score (nSPS) is 53.6. The van der Waals surface area contributed by atoms with Gasteiger partial charge in [0, 0.05) is 12.3 Å². The second-order valence-electron chi connectivity index (χ2n) is 15.8. The maximum Gasteiger partial charge on any atom is 0.302 e. The van der Waals surface area contributed by atoms with Crippen molar-refractivity contribution in [2.75, 3.05) is 0 Å². The SMILES string of the molecule is CC(=O)O[C@H]1CC[C@@]2(C)[C@H](CC[C@]3(C)[C@@H]2CC[C@@H]2[C@@H]([C@]4(C)CC[C@H](O)C(C)(C)O4)CC[C@]23C)C1(C)C. The van der Waals surface area contributed by atoms with Crippen LogP contribution < -0.4 is 0 Å². The Hall–Kier alpha value is -0.610. The smallest absolute Gasteiger partial charge is 0.302 e. The topological polar surface area (TPSA) is 55.8 Å². The summed E-state index contributed by atoms with van der Waals surface area (Å²) >= 11 is 0. The van der Waals surface area contributed by atoms with Gasteiger partial charge in [0.1, 0.15) is 6.10 Å². The van der Waals surface area contributed by atoms with Crippen LogP contribution in [-0.4, -0.2) is 34.5 Å². The molecule has 0 aromatic carbocycles. The van der Waals surface area contributed by atoms with Crippen LogP contribution in [0, 0.1) is 45.3 Å². The van der Waals surface area contributed by atoms with Crippen LogP contribution >= 0.6 is 0 Å². The number of aliphatic hydroxyl groups excluding tert-OH is 1. The fourth-order valence-corrected chi connectivity index (χ4v) is 11.6. The standard InChI is InChI=1S/C32H54O4/c1-20(33)35-26-15-16-29(6)23(27(26,2)3)13-18-31(8)24(29)11-10-21-22(12-17-30(21,31)7)32(9)19-14-25(34)28(4,5)36-32/h21-26,34H,10-19H2,1-9H3/t21-,22+,23-,24-,25+,26+,29+,30-,31-,32+/m1/s1. The number of hydrogen-bond acceptors (Lipinski definition) is 4. The van der Waals surface area contributed by atoms with E-state index in [4.69, 9.17) is 9.47 Å². The van der Waals surface area contributed by atoms with Gasteiger partial charge >= 0.3 is 5.97 Å². The van der Waals surface area contributed by atoms with E-state index < -0.39 is 5.60 Å². The Bertz CT molecular complexity index is 895. The molecule has 10 atom stereocenters. The van der Waals surface area contributed by atoms with E-state index in [0.717, 1.165) is 25.2 Å². The lowest BCUT2D eigenvalue weighted by atomic mass is 9.35. The quantitative estimate of drug-likeness (QED) is 0.402. The lowest BCUT2D eigenvalue weighted by molar-refractivity contribution is -0.254. The fraction of sp³-hybridized carbons (Fsp3) is 0.969. The average molecular weight is 503 g/mol. The van der Waals surface area contributed by atoms with E-state index in [2.05, 4.69) is 55.4 Å². The van der Waals surface area contributed by atoms with Crippen molar-refractivity contribution in [1.29, 1.82) is 0 Å². The maximum absolute atomic E-state index is 11.9. The molecule has 4 aliphatic carbocycles. The third-order valence-electron chi connectivity index (χ3n) is 13.6. The second-order valence-corrected chi connectivity index (χ2v) is 15.8. The van der Waals surface area contributed by atoms with Crippen LogP contribution in [0.2, 0.25) is 0 Å². The molecule has 1 N–H and O–H groups in total. The molecule has 206 valence electrons. The van der Waals surface area contributed by atoms with E-state index in [1.165, 1.54) is 44.9 Å². The average Bonchev–Trinajstić information content (AvgIpc) is 3.12. The van der Waals surface area contributed by atoms with E-state index in [1.54, 1.807) is 6.92 Å². The van der Waals surface area contributed by atoms with Gasteiger partial charge in [-0.2, -0.15) is 0 Å². The van der Waals surface area contributed by atoms with Gasteiger partial charge in [0.25, 0.3) is 0 Å². The van der Waals surface area contributed by atoms with Gasteiger partial charge in [0.15, 0.2) is 0 Å². The lowest BCUT2D eigenvalue weighted by Gasteiger charge is -2.70. The van der Waals surface area contributed by atoms with E-state index >= 15 is 0 Å². The molecule has 0 radical (unpaired) electrons. The van der Waals surface area contributed by atoms with E-state index in [1.807, 2.05) is 0 Å². The zero-order valence-corrected chi connectivity index (χ0v) is 24.7. The van der Waals surface area contributed by atoms with Crippen molar-refractivity contribution in [2.45, 2.75) is 150 Å². The fourth-order valence-electron chi connectivity index (χ4n) is 11.6. The number of hydrogen-bond donors (Lipinski definition) is 1. The van der Waals surface area contributed by atoms with Gasteiger partial charge in [0.05, 0.1) is 17.3 Å². The van der Waals surface area contributed by atoms with E-state index in [9.17, 15) is 9.90 Å². The summed E-state index contributed by atoms with van der Waals surface area (Å²) in [5.74, 6) is 2.46. The van der Waals surface area contributed by atoms with Crippen molar-refractivity contribution in [1.82, 2.24) is 0 Å². The van der Waals surface area contributed by atoms with Gasteiger partial charge in [0.2, 0.25) is 0 Å². The van der Waals surface area contributed by atoms with Crippen molar-refractivity contribution in [3.8, 4) is 0 Å². The lowest BCUT2D eigenvalue weighted by Crippen LogP contribution is -2.64. The Kier molecular flexibility index (Phi) is 6.14. The molecule has 4 heteroatoms. The first-order valence-electron chi connectivity index (χ1n) is 15.1. The number of ether oxygens (including phenoxy) is 2. The zero-order valence-electron chi connectivity index (χ0n) is 24.7. The zero-order chi connectivity index (χ0) is 26.5. The van der Waals surface area contributed by atoms with Crippen LogP contribution in [-0.2, 0) is 14.3 Å². The minimum absolute atomic E-state index is 0.0196. The van der Waals surface area contributed by atoms with Crippen molar-refractivity contribution in [3.05, 3.63) is 0 Å². The highest BCUT2D eigenvalue weighted by atomic mass is 16.5. The van der Waals surface area contributed by atoms with E-state index in [-0.39, 0.29) is 29.2 Å². The molecule has 5 fully saturated rings. The summed E-state index contributed by atoms with van der Waals surface area (Å²) in [6.07, 6.45) is 11.4. The minimum Gasteiger partial charge on any atom is -0.462 e. The van der Waals surface area contributed by atoms with Crippen molar-refractivity contribution >= 4 is 5.97 Å². The summed E-state index contributed by atoms with van der Waals surface area (Å²) < 4.78 is 12.7. The van der Waals surface area contributed by atoms with Gasteiger partial charge in [-0.25, -0.2) is 0 Å². The molecule has 1 heterocycles. The molecule has 36 heavy (non-hydrogen) atoms. The first-order valence-corrected chi connectivity index (χ1v) is 15.1.